The van der Waals surface area contributed by atoms with Crippen LogP contribution < -0.4 is 4.35 Å². The van der Waals surface area contributed by atoms with Crippen molar-refractivity contribution in [2.24, 2.45) is 0 Å². The molecule has 1 rings (SSSR count). The summed E-state index contributed by atoms with van der Waals surface area (Å²) in [6.07, 6.45) is 0. The van der Waals surface area contributed by atoms with E-state index in [4.69, 9.17) is 11.6 Å². The van der Waals surface area contributed by atoms with Gasteiger partial charge in [-0.15, -0.1) is 0 Å². The molecule has 0 aliphatic rings. The zero-order chi connectivity index (χ0) is 9.14. The van der Waals surface area contributed by atoms with Crippen molar-refractivity contribution in [1.82, 2.24) is 0 Å². The summed E-state index contributed by atoms with van der Waals surface area (Å²) in [4.78, 5) is 11.1. The third-order valence-corrected chi connectivity index (χ3v) is 3.25. The summed E-state index contributed by atoms with van der Waals surface area (Å²) in [5.41, 5.74) is 0.432. The number of benzene rings is 1. The van der Waals surface area contributed by atoms with Crippen LogP contribution in [0.25, 0.3) is 0 Å². The Morgan fingerprint density at radius 1 is 1.58 bits per heavy atom. The average molecular weight is 247 g/mol. The first-order valence-electron chi connectivity index (χ1n) is 3.29. The van der Waals surface area contributed by atoms with Gasteiger partial charge in [0, 0.05) is 0 Å². The number of carbonyl (C=O) groups excluding carboxylic acids is 1. The van der Waals surface area contributed by atoms with E-state index in [-0.39, 0.29) is 5.97 Å². The van der Waals surface area contributed by atoms with Crippen LogP contribution in [0.2, 0.25) is 5.02 Å². The maximum atomic E-state index is 11.1. The number of halogens is 1. The van der Waals surface area contributed by atoms with E-state index >= 15 is 0 Å². The molecule has 0 N–H and O–H groups in total. The third-order valence-electron chi connectivity index (χ3n) is 1.43. The predicted octanol–water partition coefficient (Wildman–Crippen LogP) is 0.385. The van der Waals surface area contributed by atoms with E-state index in [9.17, 15) is 4.79 Å². The molecule has 0 aromatic heterocycles. The summed E-state index contributed by atoms with van der Waals surface area (Å²) in [5.74, 6) is -0.389. The molecule has 0 bridgehead atoms. The van der Waals surface area contributed by atoms with E-state index in [1.54, 1.807) is 12.1 Å². The van der Waals surface area contributed by atoms with Gasteiger partial charge in [-0.05, 0) is 0 Å². The first kappa shape index (κ1) is 9.63. The summed E-state index contributed by atoms with van der Waals surface area (Å²) in [6, 6.07) is 5.31. The Balaban J connectivity index is 3.16. The molecule has 1 unspecified atom stereocenters. The summed E-state index contributed by atoms with van der Waals surface area (Å²) in [7, 11) is 1.34. The predicted molar refractivity (Wildman–Crippen MR) is 51.0 cm³/mol. The van der Waals surface area contributed by atoms with E-state index in [1.165, 1.54) is 24.0 Å². The first-order chi connectivity index (χ1) is 5.66. The molecular formula is C8H8AsClO2. The monoisotopic (exact) mass is 246 g/mol. The quantitative estimate of drug-likeness (QED) is 0.529. The Morgan fingerprint density at radius 3 is 2.83 bits per heavy atom. The summed E-state index contributed by atoms with van der Waals surface area (Å²) < 4.78 is 5.49. The van der Waals surface area contributed by atoms with Crippen molar-refractivity contribution >= 4 is 38.8 Å². The van der Waals surface area contributed by atoms with Gasteiger partial charge in [-0.25, -0.2) is 0 Å². The van der Waals surface area contributed by atoms with Crippen molar-refractivity contribution in [2.75, 3.05) is 7.11 Å². The summed E-state index contributed by atoms with van der Waals surface area (Å²) in [5, 5.41) is 0.490. The van der Waals surface area contributed by atoms with E-state index in [0.29, 0.717) is 10.6 Å². The molecule has 12 heavy (non-hydrogen) atoms. The Hall–Kier alpha value is -0.462. The van der Waals surface area contributed by atoms with Crippen LogP contribution >= 0.6 is 11.6 Å². The Morgan fingerprint density at radius 2 is 2.25 bits per heavy atom. The van der Waals surface area contributed by atoms with Crippen LogP contribution in [-0.4, -0.2) is 29.9 Å². The molecule has 0 amide bonds. The Labute approximate surface area is 84.4 Å². The SMILES string of the molecule is COC(=O)c1cccc([AsH2])c1Cl. The summed E-state index contributed by atoms with van der Waals surface area (Å²) >= 11 is 7.27. The van der Waals surface area contributed by atoms with Gasteiger partial charge in [-0.1, -0.05) is 0 Å². The summed E-state index contributed by atoms with van der Waals surface area (Å²) in [6.45, 7) is 0. The molecule has 2 nitrogen and oxygen atoms in total. The maximum absolute atomic E-state index is 11.1. The standard InChI is InChI=1S/C8H8AsClO2/c1-12-8(11)5-3-2-4-6(9)7(5)10/h2-4H,9H2,1H3. The normalized spacial score (nSPS) is 9.58. The van der Waals surface area contributed by atoms with Gasteiger partial charge in [0.05, 0.1) is 0 Å². The Bertz CT molecular complexity index is 312. The fourth-order valence-corrected chi connectivity index (χ4v) is 1.58. The molecule has 0 fully saturated rings. The van der Waals surface area contributed by atoms with Gasteiger partial charge < -0.3 is 0 Å². The van der Waals surface area contributed by atoms with Crippen molar-refractivity contribution < 1.29 is 9.53 Å². The number of rotatable bonds is 1. The molecule has 0 aliphatic carbocycles. The molecule has 0 radical (unpaired) electrons. The van der Waals surface area contributed by atoms with Gasteiger partial charge in [0.2, 0.25) is 0 Å². The van der Waals surface area contributed by atoms with E-state index < -0.39 is 0 Å². The molecule has 0 saturated heterocycles. The molecule has 0 aliphatic heterocycles. The fourth-order valence-electron chi connectivity index (χ4n) is 0.817. The third kappa shape index (κ3) is 1.82. The fraction of sp³-hybridized carbons (Fsp3) is 0.125. The number of carbonyl (C=O) groups is 1. The minimum atomic E-state index is -0.389. The van der Waals surface area contributed by atoms with Gasteiger partial charge in [0.1, 0.15) is 0 Å². The van der Waals surface area contributed by atoms with Gasteiger partial charge >= 0.3 is 84.2 Å². The van der Waals surface area contributed by atoms with E-state index in [1.807, 2.05) is 6.07 Å². The molecule has 64 valence electrons. The van der Waals surface area contributed by atoms with Crippen molar-refractivity contribution in [3.05, 3.63) is 28.8 Å². The van der Waals surface area contributed by atoms with Crippen LogP contribution in [0.4, 0.5) is 0 Å². The second-order valence-corrected chi connectivity index (χ2v) is 3.88. The van der Waals surface area contributed by atoms with E-state index in [2.05, 4.69) is 4.74 Å². The van der Waals surface area contributed by atoms with Crippen LogP contribution in [-0.2, 0) is 4.74 Å². The molecule has 4 heteroatoms. The molecule has 0 saturated carbocycles. The number of hydrogen-bond donors (Lipinski definition) is 0. The zero-order valence-corrected chi connectivity index (χ0v) is 9.68. The van der Waals surface area contributed by atoms with Crippen molar-refractivity contribution in [3.63, 3.8) is 0 Å². The van der Waals surface area contributed by atoms with Crippen LogP contribution in [0.15, 0.2) is 18.2 Å². The molecule has 0 heterocycles. The number of hydrogen-bond acceptors (Lipinski definition) is 2. The molecule has 1 aromatic rings. The van der Waals surface area contributed by atoms with Crippen LogP contribution in [0.5, 0.6) is 0 Å². The second-order valence-electron chi connectivity index (χ2n) is 2.20. The zero-order valence-electron chi connectivity index (χ0n) is 6.50. The van der Waals surface area contributed by atoms with Gasteiger partial charge in [-0.2, -0.15) is 0 Å². The first-order valence-corrected chi connectivity index (χ1v) is 4.88. The number of esters is 1. The van der Waals surface area contributed by atoms with E-state index in [0.717, 1.165) is 4.35 Å². The van der Waals surface area contributed by atoms with Crippen molar-refractivity contribution in [2.45, 2.75) is 0 Å². The molecule has 1 atom stereocenters. The molecular weight excluding hydrogens is 238 g/mol. The van der Waals surface area contributed by atoms with Gasteiger partial charge in [0.15, 0.2) is 0 Å². The average Bonchev–Trinajstić information content (AvgIpc) is 2.08. The minimum absolute atomic E-state index is 0.389. The van der Waals surface area contributed by atoms with Gasteiger partial charge in [0.25, 0.3) is 0 Å². The molecule has 0 spiro atoms. The number of methoxy groups -OCH3 is 1. The second kappa shape index (κ2) is 3.97. The Kier molecular flexibility index (Phi) is 3.19. The van der Waals surface area contributed by atoms with Crippen molar-refractivity contribution in [3.8, 4) is 0 Å². The topological polar surface area (TPSA) is 26.3 Å². The van der Waals surface area contributed by atoms with Crippen LogP contribution in [0, 0.1) is 0 Å². The van der Waals surface area contributed by atoms with Gasteiger partial charge in [-0.3, -0.25) is 0 Å². The molecule has 1 aromatic carbocycles. The number of ether oxygens (including phenoxy) is 1. The van der Waals surface area contributed by atoms with Crippen molar-refractivity contribution in [1.29, 1.82) is 0 Å². The van der Waals surface area contributed by atoms with Crippen LogP contribution in [0.1, 0.15) is 10.4 Å². The van der Waals surface area contributed by atoms with Crippen LogP contribution in [0.3, 0.4) is 0 Å².